The van der Waals surface area contributed by atoms with Crippen molar-refractivity contribution >= 4 is 150 Å². The lowest BCUT2D eigenvalue weighted by Gasteiger charge is -2.17. The fourth-order valence-electron chi connectivity index (χ4n) is 12.6. The smallest absolute Gasteiger partial charge is 0.0703 e. The van der Waals surface area contributed by atoms with Gasteiger partial charge in [0.15, 0.2) is 0 Å². The highest BCUT2D eigenvalue weighted by molar-refractivity contribution is 7.26. The Bertz CT molecular complexity index is 4860. The van der Waals surface area contributed by atoms with E-state index < -0.39 is 0 Å². The number of aromatic nitrogens is 4. The Morgan fingerprint density at radius 2 is 0.569 bits per heavy atom. The van der Waals surface area contributed by atoms with E-state index >= 15 is 0 Å². The van der Waals surface area contributed by atoms with Gasteiger partial charge in [0.2, 0.25) is 0 Å². The molecule has 0 N–H and O–H groups in total. The molecule has 334 valence electrons. The quantitative estimate of drug-likeness (QED) is 0.168. The number of hydrogen-bond acceptors (Lipinski definition) is 2. The minimum Gasteiger partial charge on any atom is -0.309 e. The van der Waals surface area contributed by atoms with Gasteiger partial charge in [0, 0.05) is 94.8 Å². The number of hydrogen-bond donors (Lipinski definition) is 0. The van der Waals surface area contributed by atoms with E-state index in [-0.39, 0.29) is 0 Å². The fraction of sp³-hybridized carbons (Fsp3) is 0. The van der Waals surface area contributed by atoms with Crippen LogP contribution in [0.15, 0.2) is 231 Å². The van der Waals surface area contributed by atoms with Gasteiger partial charge in [0.05, 0.1) is 55.5 Å². The zero-order chi connectivity index (χ0) is 46.8. The first-order chi connectivity index (χ1) is 35.7. The number of rotatable bonds is 4. The van der Waals surface area contributed by atoms with E-state index in [0.717, 1.165) is 22.7 Å². The van der Waals surface area contributed by atoms with Crippen molar-refractivity contribution in [2.45, 2.75) is 0 Å². The van der Waals surface area contributed by atoms with Crippen LogP contribution in [0.3, 0.4) is 0 Å². The lowest BCUT2D eigenvalue weighted by molar-refractivity contribution is 1.10. The molecule has 0 spiro atoms. The normalized spacial score (nSPS) is 12.4. The average Bonchev–Trinajstić information content (AvgIpc) is 4.28. The molecule has 6 heterocycles. The van der Waals surface area contributed by atoms with E-state index in [1.165, 1.54) is 128 Å². The second-order valence-electron chi connectivity index (χ2n) is 19.2. The van der Waals surface area contributed by atoms with E-state index in [1.54, 1.807) is 0 Å². The van der Waals surface area contributed by atoms with Crippen LogP contribution in [0.25, 0.3) is 150 Å². The van der Waals surface area contributed by atoms with Crippen LogP contribution in [0.5, 0.6) is 0 Å². The van der Waals surface area contributed by atoms with Gasteiger partial charge in [-0.15, -0.1) is 22.7 Å². The van der Waals surface area contributed by atoms with E-state index in [0.29, 0.717) is 0 Å². The Labute approximate surface area is 419 Å². The van der Waals surface area contributed by atoms with Gasteiger partial charge in [-0.3, -0.25) is 0 Å². The molecule has 11 aromatic carbocycles. The van der Waals surface area contributed by atoms with Gasteiger partial charge >= 0.3 is 0 Å². The van der Waals surface area contributed by atoms with Crippen molar-refractivity contribution in [3.63, 3.8) is 0 Å². The molecule has 0 radical (unpaired) electrons. The molecule has 0 aliphatic rings. The summed E-state index contributed by atoms with van der Waals surface area (Å²) in [7, 11) is 0. The van der Waals surface area contributed by atoms with Crippen LogP contribution in [0.4, 0.5) is 0 Å². The van der Waals surface area contributed by atoms with E-state index in [9.17, 15) is 0 Å². The lowest BCUT2D eigenvalue weighted by atomic mass is 10.1. The van der Waals surface area contributed by atoms with Crippen molar-refractivity contribution in [3.05, 3.63) is 231 Å². The summed E-state index contributed by atoms with van der Waals surface area (Å²) >= 11 is 3.73. The molecule has 0 aliphatic heterocycles. The van der Waals surface area contributed by atoms with Gasteiger partial charge in [0.25, 0.3) is 0 Å². The zero-order valence-electron chi connectivity index (χ0n) is 38.5. The summed E-state index contributed by atoms with van der Waals surface area (Å²) in [6, 6.07) is 86.1. The van der Waals surface area contributed by atoms with E-state index in [1.807, 2.05) is 22.7 Å². The van der Waals surface area contributed by atoms with Crippen LogP contribution in [-0.4, -0.2) is 18.3 Å². The molecule has 0 fully saturated rings. The summed E-state index contributed by atoms with van der Waals surface area (Å²) in [4.78, 5) is 0. The molecule has 0 saturated carbocycles. The molecule has 4 nitrogen and oxygen atoms in total. The second kappa shape index (κ2) is 14.3. The van der Waals surface area contributed by atoms with Crippen molar-refractivity contribution in [3.8, 4) is 22.7 Å². The van der Waals surface area contributed by atoms with Gasteiger partial charge in [-0.2, -0.15) is 0 Å². The molecule has 0 unspecified atom stereocenters. The third-order valence-corrected chi connectivity index (χ3v) is 17.8. The largest absolute Gasteiger partial charge is 0.309 e. The Hall–Kier alpha value is -8.94. The number of fused-ring (bicyclic) bond motifs is 20. The van der Waals surface area contributed by atoms with Gasteiger partial charge < -0.3 is 18.3 Å². The molecule has 0 amide bonds. The minimum atomic E-state index is 1.12. The molecule has 6 heteroatoms. The first-order valence-electron chi connectivity index (χ1n) is 24.6. The maximum absolute atomic E-state index is 2.57. The molecule has 0 saturated heterocycles. The summed E-state index contributed by atoms with van der Waals surface area (Å²) in [5, 5.41) is 15.1. The monoisotopic (exact) mass is 950 g/mol. The van der Waals surface area contributed by atoms with Crippen LogP contribution in [-0.2, 0) is 0 Å². The number of thiophene rings is 2. The highest BCUT2D eigenvalue weighted by Gasteiger charge is 2.26. The highest BCUT2D eigenvalue weighted by atomic mass is 32.1. The fourth-order valence-corrected chi connectivity index (χ4v) is 14.8. The maximum Gasteiger partial charge on any atom is 0.0703 e. The van der Waals surface area contributed by atoms with Gasteiger partial charge in [-0.25, -0.2) is 0 Å². The molecular formula is C66H38N4S2. The minimum absolute atomic E-state index is 1.12. The summed E-state index contributed by atoms with van der Waals surface area (Å²) in [6.07, 6.45) is 0. The summed E-state index contributed by atoms with van der Waals surface area (Å²) < 4.78 is 15.4. The highest BCUT2D eigenvalue weighted by Crippen LogP contribution is 2.47. The maximum atomic E-state index is 2.57. The first kappa shape index (κ1) is 38.9. The zero-order valence-corrected chi connectivity index (χ0v) is 40.2. The standard InChI is InChI=1S/C66H38N4S2/c1-7-21-51-41(15-1)45-31-33-57-63(47-19-3-9-23-53(47)67(57)39-29-35-61-49(37-39)43-17-5-13-27-59(43)71-61)65(45)69(51)55-25-11-12-26-56(55)70-52-22-8-2-16-42(52)46-32-34-58-64(66(46)70)48-20-4-10-24-54(48)68(58)40-30-36-62-50(38-40)44-18-6-14-28-60(44)72-62/h1-38H. The molecule has 17 aromatic rings. The third-order valence-electron chi connectivity index (χ3n) is 15.5. The second-order valence-corrected chi connectivity index (χ2v) is 21.3. The van der Waals surface area contributed by atoms with Crippen LogP contribution in [0.1, 0.15) is 0 Å². The van der Waals surface area contributed by atoms with Crippen molar-refractivity contribution in [2.24, 2.45) is 0 Å². The Morgan fingerprint density at radius 1 is 0.222 bits per heavy atom. The molecule has 17 rings (SSSR count). The lowest BCUT2D eigenvalue weighted by Crippen LogP contribution is -2.03. The number of nitrogens with zero attached hydrogens (tertiary/aromatic N) is 4. The van der Waals surface area contributed by atoms with Crippen molar-refractivity contribution in [1.82, 2.24) is 18.3 Å². The van der Waals surface area contributed by atoms with E-state index in [2.05, 4.69) is 249 Å². The average molecular weight is 951 g/mol. The van der Waals surface area contributed by atoms with Crippen molar-refractivity contribution in [1.29, 1.82) is 0 Å². The number of benzene rings is 11. The topological polar surface area (TPSA) is 19.7 Å². The molecular weight excluding hydrogens is 913 g/mol. The molecule has 0 aliphatic carbocycles. The van der Waals surface area contributed by atoms with Crippen LogP contribution < -0.4 is 0 Å². The van der Waals surface area contributed by atoms with Gasteiger partial charge in [-0.05, 0) is 97.1 Å². The van der Waals surface area contributed by atoms with Crippen LogP contribution in [0.2, 0.25) is 0 Å². The van der Waals surface area contributed by atoms with Gasteiger partial charge in [0.1, 0.15) is 0 Å². The number of para-hydroxylation sites is 6. The van der Waals surface area contributed by atoms with Crippen LogP contribution in [0, 0.1) is 0 Å². The third kappa shape index (κ3) is 5.09. The predicted octanol–water partition coefficient (Wildman–Crippen LogP) is 18.8. The van der Waals surface area contributed by atoms with Crippen molar-refractivity contribution < 1.29 is 0 Å². The summed E-state index contributed by atoms with van der Waals surface area (Å²) in [6.45, 7) is 0. The van der Waals surface area contributed by atoms with E-state index in [4.69, 9.17) is 0 Å². The summed E-state index contributed by atoms with van der Waals surface area (Å²) in [5.74, 6) is 0. The predicted molar refractivity (Wildman–Crippen MR) is 310 cm³/mol. The SMILES string of the molecule is c1ccc(-n2c3ccccc3c3ccc4c(c5ccccc5n4-c4ccc5sc6ccccc6c5c4)c32)c(-n2c3ccccc3c3ccc4c(c5ccccc5n4-c4ccc5sc6ccccc6c5c4)c32)c1. The van der Waals surface area contributed by atoms with Crippen LogP contribution >= 0.6 is 22.7 Å². The molecule has 72 heavy (non-hydrogen) atoms. The Kier molecular flexibility index (Phi) is 7.73. The Morgan fingerprint density at radius 3 is 1.01 bits per heavy atom. The Balaban J connectivity index is 0.979. The van der Waals surface area contributed by atoms with Gasteiger partial charge in [-0.1, -0.05) is 133 Å². The molecule has 0 bridgehead atoms. The molecule has 0 atom stereocenters. The summed E-state index contributed by atoms with van der Waals surface area (Å²) in [5.41, 5.74) is 14.1. The molecule has 6 aromatic heterocycles. The van der Waals surface area contributed by atoms with Crippen molar-refractivity contribution in [2.75, 3.05) is 0 Å². The first-order valence-corrected chi connectivity index (χ1v) is 26.2.